The Labute approximate surface area is 171 Å². The molecule has 4 N–H and O–H groups in total. The molecule has 8 heteroatoms. The number of carbonyl (C=O) groups is 1. The molecule has 0 saturated carbocycles. The van der Waals surface area contributed by atoms with Crippen LogP contribution in [0.15, 0.2) is 30.3 Å². The molecule has 1 unspecified atom stereocenters. The van der Waals surface area contributed by atoms with Gasteiger partial charge in [0.05, 0.1) is 12.8 Å². The van der Waals surface area contributed by atoms with Gasteiger partial charge in [0.2, 0.25) is 0 Å². The van der Waals surface area contributed by atoms with Crippen molar-refractivity contribution in [1.29, 1.82) is 0 Å². The predicted octanol–water partition coefficient (Wildman–Crippen LogP) is 3.54. The van der Waals surface area contributed by atoms with Crippen LogP contribution in [0.2, 0.25) is 0 Å². The van der Waals surface area contributed by atoms with E-state index >= 15 is 0 Å². The van der Waals surface area contributed by atoms with Crippen molar-refractivity contribution in [2.45, 2.75) is 33.3 Å². The number of carbonyl (C=O) groups excluding carboxylic acids is 1. The van der Waals surface area contributed by atoms with Crippen molar-refractivity contribution >= 4 is 23.0 Å². The molecule has 8 nitrogen and oxygen atoms in total. The molecule has 0 aliphatic carbocycles. The summed E-state index contributed by atoms with van der Waals surface area (Å²) in [5, 5.41) is 12.6. The number of rotatable bonds is 6. The summed E-state index contributed by atoms with van der Waals surface area (Å²) in [5.41, 5.74) is 14.6. The van der Waals surface area contributed by atoms with Gasteiger partial charge in [-0.2, -0.15) is 4.81 Å². The van der Waals surface area contributed by atoms with E-state index in [2.05, 4.69) is 0 Å². The van der Waals surface area contributed by atoms with Gasteiger partial charge in [-0.25, -0.2) is 9.63 Å². The first-order valence-corrected chi connectivity index (χ1v) is 9.12. The second-order valence-corrected chi connectivity index (χ2v) is 7.89. The van der Waals surface area contributed by atoms with Crippen LogP contribution in [0, 0.1) is 12.1 Å². The van der Waals surface area contributed by atoms with Crippen molar-refractivity contribution in [3.63, 3.8) is 0 Å². The first kappa shape index (κ1) is 22.5. The lowest BCUT2D eigenvalue weighted by molar-refractivity contribution is -0.157. The lowest BCUT2D eigenvalue weighted by atomic mass is 9.97. The van der Waals surface area contributed by atoms with E-state index in [1.165, 1.54) is 14.2 Å². The van der Waals surface area contributed by atoms with Gasteiger partial charge in [-0.3, -0.25) is 0 Å². The molecule has 158 valence electrons. The van der Waals surface area contributed by atoms with Gasteiger partial charge < -0.3 is 26.1 Å². The van der Waals surface area contributed by atoms with Crippen LogP contribution >= 0.6 is 0 Å². The van der Waals surface area contributed by atoms with E-state index in [1.807, 2.05) is 6.92 Å². The Morgan fingerprint density at radius 2 is 1.79 bits per heavy atom. The number of nitrogens with zero attached hydrogens (tertiary/aromatic N) is 1. The van der Waals surface area contributed by atoms with Crippen LogP contribution in [0.3, 0.4) is 0 Å². The third-order valence-electron chi connectivity index (χ3n) is 4.22. The molecular formula is C21H29N3O5. The molecule has 0 amide bonds. The summed E-state index contributed by atoms with van der Waals surface area (Å²) in [6.45, 7) is 6.95. The normalized spacial score (nSPS) is 13.6. The number of benzene rings is 2. The molecule has 0 bridgehead atoms. The van der Waals surface area contributed by atoms with Gasteiger partial charge in [-0.1, -0.05) is 0 Å². The Kier molecular flexibility index (Phi) is 6.42. The summed E-state index contributed by atoms with van der Waals surface area (Å²) in [6, 6.07) is 8.40. The zero-order valence-electron chi connectivity index (χ0n) is 17.7. The van der Waals surface area contributed by atoms with Crippen LogP contribution in [-0.4, -0.2) is 32.3 Å². The summed E-state index contributed by atoms with van der Waals surface area (Å²) in [6.07, 6.45) is 0. The molecule has 2 aromatic rings. The standard InChI is InChI=1S/C21H29N3O5/c1-13-9-17(23)18(24(5,26)27-6)11-15(13)16-10-14(22)7-8-19(16)28-12-20(25)29-21(2,3)4/h7-11H,12,22-23H2,1-6H3. The number of hydroxylamine groups is 2. The number of ether oxygens (including phenoxy) is 2. The minimum atomic E-state index is -1.10. The quantitative estimate of drug-likeness (QED) is 0.327. The maximum Gasteiger partial charge on any atom is 0.344 e. The third-order valence-corrected chi connectivity index (χ3v) is 4.22. The second kappa shape index (κ2) is 8.28. The van der Waals surface area contributed by atoms with Crippen molar-refractivity contribution in [2.75, 3.05) is 32.2 Å². The van der Waals surface area contributed by atoms with Gasteiger partial charge in [-0.15, -0.1) is 0 Å². The van der Waals surface area contributed by atoms with Gasteiger partial charge in [0.15, 0.2) is 12.3 Å². The summed E-state index contributed by atoms with van der Waals surface area (Å²) in [7, 11) is 2.64. The van der Waals surface area contributed by atoms with E-state index < -0.39 is 16.4 Å². The van der Waals surface area contributed by atoms with E-state index in [0.29, 0.717) is 28.3 Å². The van der Waals surface area contributed by atoms with Crippen LogP contribution in [-0.2, 0) is 14.4 Å². The Morgan fingerprint density at radius 3 is 2.38 bits per heavy atom. The van der Waals surface area contributed by atoms with Gasteiger partial charge in [-0.05, 0) is 63.1 Å². The lowest BCUT2D eigenvalue weighted by Gasteiger charge is -2.34. The smallest absolute Gasteiger partial charge is 0.344 e. The Hall–Kier alpha value is -2.81. The molecule has 2 rings (SSSR count). The van der Waals surface area contributed by atoms with Gasteiger partial charge in [0.1, 0.15) is 18.4 Å². The molecule has 1 atom stereocenters. The van der Waals surface area contributed by atoms with Crippen molar-refractivity contribution in [2.24, 2.45) is 0 Å². The molecule has 0 fully saturated rings. The van der Waals surface area contributed by atoms with Crippen molar-refractivity contribution in [3.8, 4) is 16.9 Å². The fourth-order valence-electron chi connectivity index (χ4n) is 2.85. The SMILES string of the molecule is CO[N+](C)([O-])c1cc(-c2cc(N)ccc2OCC(=O)OC(C)(C)C)c(C)cc1N. The summed E-state index contributed by atoms with van der Waals surface area (Å²) >= 11 is 0. The molecule has 0 aromatic heterocycles. The third kappa shape index (κ3) is 5.60. The van der Waals surface area contributed by atoms with E-state index in [9.17, 15) is 10.0 Å². The van der Waals surface area contributed by atoms with Crippen molar-refractivity contribution in [3.05, 3.63) is 41.1 Å². The van der Waals surface area contributed by atoms with E-state index in [0.717, 1.165) is 5.56 Å². The highest BCUT2D eigenvalue weighted by Crippen LogP contribution is 2.40. The number of esters is 1. The fourth-order valence-corrected chi connectivity index (χ4v) is 2.85. The van der Waals surface area contributed by atoms with E-state index in [1.54, 1.807) is 51.1 Å². The minimum Gasteiger partial charge on any atom is -0.593 e. The minimum absolute atomic E-state index is 0.244. The Morgan fingerprint density at radius 1 is 1.14 bits per heavy atom. The molecule has 0 radical (unpaired) electrons. The zero-order valence-corrected chi connectivity index (χ0v) is 17.7. The number of anilines is 2. The topological polar surface area (TPSA) is 120 Å². The van der Waals surface area contributed by atoms with E-state index in [-0.39, 0.29) is 12.3 Å². The van der Waals surface area contributed by atoms with Gasteiger partial charge in [0, 0.05) is 17.3 Å². The van der Waals surface area contributed by atoms with Crippen LogP contribution in [0.1, 0.15) is 26.3 Å². The highest BCUT2D eigenvalue weighted by molar-refractivity contribution is 5.83. The highest BCUT2D eigenvalue weighted by Gasteiger charge is 2.23. The largest absolute Gasteiger partial charge is 0.593 e. The molecule has 0 aliphatic rings. The average Bonchev–Trinajstić information content (AvgIpc) is 2.59. The lowest BCUT2D eigenvalue weighted by Crippen LogP contribution is -2.37. The van der Waals surface area contributed by atoms with Crippen molar-refractivity contribution < 1.29 is 19.1 Å². The number of hydrogen-bond donors (Lipinski definition) is 2. The summed E-state index contributed by atoms with van der Waals surface area (Å²) in [5.74, 6) is -0.0559. The predicted molar refractivity (Wildman–Crippen MR) is 115 cm³/mol. The van der Waals surface area contributed by atoms with Crippen LogP contribution in [0.4, 0.5) is 17.1 Å². The monoisotopic (exact) mass is 403 g/mol. The van der Waals surface area contributed by atoms with Crippen molar-refractivity contribution in [1.82, 2.24) is 4.81 Å². The van der Waals surface area contributed by atoms with Gasteiger partial charge in [0.25, 0.3) is 0 Å². The number of hydrogen-bond acceptors (Lipinski definition) is 7. The number of aryl methyl sites for hydroxylation is 1. The Bertz CT molecular complexity index is 904. The number of quaternary nitrogens is 1. The number of nitrogens with two attached hydrogens (primary N) is 2. The average molecular weight is 403 g/mol. The van der Waals surface area contributed by atoms with Gasteiger partial charge >= 0.3 is 5.97 Å². The molecule has 0 heterocycles. The first-order valence-electron chi connectivity index (χ1n) is 9.12. The molecule has 0 saturated heterocycles. The molecular weight excluding hydrogens is 374 g/mol. The molecule has 0 aliphatic heterocycles. The van der Waals surface area contributed by atoms with Crippen LogP contribution < -0.4 is 21.0 Å². The number of nitrogen functional groups attached to an aromatic ring is 2. The van der Waals surface area contributed by atoms with Crippen LogP contribution in [0.25, 0.3) is 11.1 Å². The summed E-state index contributed by atoms with van der Waals surface area (Å²) < 4.78 is 11.0. The molecule has 0 spiro atoms. The molecule has 2 aromatic carbocycles. The van der Waals surface area contributed by atoms with E-state index in [4.69, 9.17) is 25.8 Å². The van der Waals surface area contributed by atoms with Crippen LogP contribution in [0.5, 0.6) is 5.75 Å². The second-order valence-electron chi connectivity index (χ2n) is 7.89. The maximum atomic E-state index is 12.6. The first-order chi connectivity index (χ1) is 13.3. The molecule has 29 heavy (non-hydrogen) atoms. The summed E-state index contributed by atoms with van der Waals surface area (Å²) in [4.78, 5) is 15.9. The maximum absolute atomic E-state index is 12.6. The fraction of sp³-hybridized carbons (Fsp3) is 0.381. The zero-order chi connectivity index (χ0) is 22.0. The Balaban J connectivity index is 2.46. The highest BCUT2D eigenvalue weighted by atomic mass is 16.9.